The van der Waals surface area contributed by atoms with Crippen LogP contribution in [0.4, 0.5) is 5.69 Å². The lowest BCUT2D eigenvalue weighted by Crippen LogP contribution is -2.05. The van der Waals surface area contributed by atoms with Gasteiger partial charge in [0, 0.05) is 24.2 Å². The van der Waals surface area contributed by atoms with Crippen LogP contribution in [-0.4, -0.2) is 17.1 Å². The number of nitrogens with zero attached hydrogens (tertiary/aromatic N) is 2. The molecule has 0 saturated heterocycles. The summed E-state index contributed by atoms with van der Waals surface area (Å²) in [5.74, 6) is -0.231. The normalized spacial score (nSPS) is 9.81. The van der Waals surface area contributed by atoms with Gasteiger partial charge >= 0.3 is 0 Å². The zero-order valence-electron chi connectivity index (χ0n) is 7.98. The monoisotopic (exact) mass is 246 g/mol. The Morgan fingerprint density at radius 1 is 1.31 bits per heavy atom. The summed E-state index contributed by atoms with van der Waals surface area (Å²) in [7, 11) is 1.36. The van der Waals surface area contributed by atoms with E-state index >= 15 is 0 Å². The minimum Gasteiger partial charge on any atom is -0.314 e. The van der Waals surface area contributed by atoms with Crippen molar-refractivity contribution in [3.05, 3.63) is 38.4 Å². The van der Waals surface area contributed by atoms with E-state index < -0.39 is 10.0 Å². The van der Waals surface area contributed by atoms with E-state index in [0.29, 0.717) is 0 Å². The van der Waals surface area contributed by atoms with Crippen LogP contribution in [0.2, 0.25) is 0 Å². The first kappa shape index (κ1) is 12.2. The van der Waals surface area contributed by atoms with Crippen molar-refractivity contribution >= 4 is 17.7 Å². The SMILES string of the molecule is COSc1ccc([N+](=O)[O-])cc1O[N+](=O)[O-]. The first-order chi connectivity index (χ1) is 7.54. The van der Waals surface area contributed by atoms with Crippen LogP contribution in [0.3, 0.4) is 0 Å². The summed E-state index contributed by atoms with van der Waals surface area (Å²) in [5.41, 5.74) is -0.294. The molecule has 1 rings (SSSR count). The molecule has 0 fully saturated rings. The molecule has 0 radical (unpaired) electrons. The van der Waals surface area contributed by atoms with Gasteiger partial charge in [0.25, 0.3) is 10.8 Å². The van der Waals surface area contributed by atoms with Gasteiger partial charge in [0.1, 0.15) is 5.75 Å². The van der Waals surface area contributed by atoms with Crippen molar-refractivity contribution in [3.63, 3.8) is 0 Å². The average molecular weight is 246 g/mol. The van der Waals surface area contributed by atoms with Crippen LogP contribution >= 0.6 is 12.0 Å². The van der Waals surface area contributed by atoms with E-state index in [1.54, 1.807) is 0 Å². The van der Waals surface area contributed by atoms with Crippen molar-refractivity contribution in [3.8, 4) is 5.75 Å². The maximum Gasteiger partial charge on any atom is 0.299 e. The number of non-ortho nitro benzene ring substituents is 1. The quantitative estimate of drug-likeness (QED) is 0.443. The molecular formula is C7H6N2O6S. The molecule has 86 valence electrons. The molecule has 9 heteroatoms. The van der Waals surface area contributed by atoms with Gasteiger partial charge in [0.2, 0.25) is 0 Å². The van der Waals surface area contributed by atoms with Crippen LogP contribution in [0.25, 0.3) is 0 Å². The molecule has 0 spiro atoms. The largest absolute Gasteiger partial charge is 0.314 e. The van der Waals surface area contributed by atoms with Gasteiger partial charge in [0.05, 0.1) is 16.9 Å². The van der Waals surface area contributed by atoms with E-state index in [2.05, 4.69) is 4.84 Å². The maximum atomic E-state index is 10.5. The van der Waals surface area contributed by atoms with Crippen molar-refractivity contribution in [2.24, 2.45) is 0 Å². The molecule has 0 amide bonds. The predicted octanol–water partition coefficient (Wildman–Crippen LogP) is 1.82. The molecule has 16 heavy (non-hydrogen) atoms. The summed E-state index contributed by atoms with van der Waals surface area (Å²) < 4.78 is 4.69. The Morgan fingerprint density at radius 3 is 2.50 bits per heavy atom. The summed E-state index contributed by atoms with van der Waals surface area (Å²) in [6.07, 6.45) is 0. The van der Waals surface area contributed by atoms with E-state index in [4.69, 9.17) is 4.18 Å². The number of hydrogen-bond donors (Lipinski definition) is 0. The van der Waals surface area contributed by atoms with Gasteiger partial charge in [-0.1, -0.05) is 0 Å². The average Bonchev–Trinajstić information content (AvgIpc) is 2.19. The highest BCUT2D eigenvalue weighted by Gasteiger charge is 2.14. The first-order valence-electron chi connectivity index (χ1n) is 3.86. The van der Waals surface area contributed by atoms with Crippen molar-refractivity contribution in [2.75, 3.05) is 7.11 Å². The smallest absolute Gasteiger partial charge is 0.299 e. The second kappa shape index (κ2) is 5.28. The Bertz CT molecular complexity index is 423. The molecule has 0 aliphatic carbocycles. The maximum absolute atomic E-state index is 10.5. The molecule has 0 bridgehead atoms. The summed E-state index contributed by atoms with van der Waals surface area (Å²) in [6.45, 7) is 0. The Kier molecular flexibility index (Phi) is 4.03. The number of nitro groups is 1. The second-order valence-electron chi connectivity index (χ2n) is 2.45. The van der Waals surface area contributed by atoms with Gasteiger partial charge in [0.15, 0.2) is 0 Å². The molecule has 8 nitrogen and oxygen atoms in total. The minimum atomic E-state index is -1.04. The zero-order valence-corrected chi connectivity index (χ0v) is 8.80. The Labute approximate surface area is 93.6 Å². The van der Waals surface area contributed by atoms with Crippen molar-refractivity contribution < 1.29 is 19.0 Å². The molecular weight excluding hydrogens is 240 g/mol. The predicted molar refractivity (Wildman–Crippen MR) is 53.6 cm³/mol. The lowest BCUT2D eigenvalue weighted by molar-refractivity contribution is -0.711. The van der Waals surface area contributed by atoms with Crippen LogP contribution in [0, 0.1) is 20.2 Å². The standard InChI is InChI=1S/C7H6N2O6S/c1-14-16-7-3-2-5(8(10)11)4-6(7)15-9(12)13/h2-4H,1H3. The number of rotatable bonds is 5. The minimum absolute atomic E-state index is 0.231. The lowest BCUT2D eigenvalue weighted by atomic mass is 10.3. The Hall–Kier alpha value is -1.87. The zero-order chi connectivity index (χ0) is 12.1. The van der Waals surface area contributed by atoms with E-state index in [1.807, 2.05) is 0 Å². The van der Waals surface area contributed by atoms with Crippen LogP contribution in [0.1, 0.15) is 0 Å². The summed E-state index contributed by atoms with van der Waals surface area (Å²) >= 11 is 0.812. The molecule has 0 aliphatic heterocycles. The van der Waals surface area contributed by atoms with E-state index in [0.717, 1.165) is 18.1 Å². The van der Waals surface area contributed by atoms with Gasteiger partial charge in [-0.2, -0.15) is 0 Å². The third kappa shape index (κ3) is 3.07. The van der Waals surface area contributed by atoms with Crippen LogP contribution in [-0.2, 0) is 4.18 Å². The van der Waals surface area contributed by atoms with Crippen molar-refractivity contribution in [2.45, 2.75) is 4.90 Å². The fraction of sp³-hybridized carbons (Fsp3) is 0.143. The molecule has 0 atom stereocenters. The summed E-state index contributed by atoms with van der Waals surface area (Å²) in [5, 5.41) is 19.6. The van der Waals surface area contributed by atoms with Crippen molar-refractivity contribution in [1.82, 2.24) is 0 Å². The van der Waals surface area contributed by atoms with Crippen LogP contribution in [0.5, 0.6) is 5.75 Å². The molecule has 0 aromatic heterocycles. The fourth-order valence-corrected chi connectivity index (χ4v) is 1.40. The Balaban J connectivity index is 3.09. The molecule has 0 unspecified atom stereocenters. The van der Waals surface area contributed by atoms with Gasteiger partial charge < -0.3 is 4.18 Å². The molecule has 0 N–H and O–H groups in total. The highest BCUT2D eigenvalue weighted by molar-refractivity contribution is 7.94. The highest BCUT2D eigenvalue weighted by Crippen LogP contribution is 2.32. The number of nitro benzene ring substituents is 1. The van der Waals surface area contributed by atoms with Crippen LogP contribution < -0.4 is 4.84 Å². The van der Waals surface area contributed by atoms with Gasteiger partial charge in [-0.05, 0) is 6.07 Å². The number of hydrogen-bond acceptors (Lipinski definition) is 7. The first-order valence-corrected chi connectivity index (χ1v) is 4.60. The lowest BCUT2D eigenvalue weighted by Gasteiger charge is -2.04. The molecule has 0 heterocycles. The van der Waals surface area contributed by atoms with Crippen LogP contribution in [0.15, 0.2) is 23.1 Å². The van der Waals surface area contributed by atoms with Gasteiger partial charge in [-0.3, -0.25) is 15.0 Å². The molecule has 1 aromatic carbocycles. The van der Waals surface area contributed by atoms with Crippen molar-refractivity contribution in [1.29, 1.82) is 0 Å². The van der Waals surface area contributed by atoms with Gasteiger partial charge in [-0.25, -0.2) is 0 Å². The second-order valence-corrected chi connectivity index (χ2v) is 3.39. The third-order valence-electron chi connectivity index (χ3n) is 1.48. The molecule has 0 saturated carbocycles. The van der Waals surface area contributed by atoms with E-state index in [9.17, 15) is 20.2 Å². The van der Waals surface area contributed by atoms with E-state index in [1.165, 1.54) is 19.2 Å². The molecule has 1 aromatic rings. The summed E-state index contributed by atoms with van der Waals surface area (Å²) in [6, 6.07) is 3.48. The molecule has 0 aliphatic rings. The Morgan fingerprint density at radius 2 is 2.00 bits per heavy atom. The third-order valence-corrected chi connectivity index (χ3v) is 2.17. The highest BCUT2D eigenvalue weighted by atomic mass is 32.2. The fourth-order valence-electron chi connectivity index (χ4n) is 0.921. The van der Waals surface area contributed by atoms with E-state index in [-0.39, 0.29) is 16.3 Å². The topological polar surface area (TPSA) is 105 Å². The number of benzene rings is 1. The van der Waals surface area contributed by atoms with Gasteiger partial charge in [-0.15, -0.1) is 10.1 Å². The summed E-state index contributed by atoms with van der Waals surface area (Å²) in [4.78, 5) is 24.4.